The van der Waals surface area contributed by atoms with Crippen molar-refractivity contribution in [3.8, 4) is 6.07 Å². The van der Waals surface area contributed by atoms with E-state index in [1.54, 1.807) is 12.4 Å². The molecule has 52 valence electrons. The summed E-state index contributed by atoms with van der Waals surface area (Å²) in [5, 5.41) is 16.8. The predicted octanol–water partition coefficient (Wildman–Crippen LogP) is 0.830. The van der Waals surface area contributed by atoms with E-state index in [2.05, 4.69) is 15.2 Å². The number of aromatic amines is 1. The van der Waals surface area contributed by atoms with Crippen LogP contribution >= 0.6 is 0 Å². The molecule has 0 aliphatic carbocycles. The van der Waals surface area contributed by atoms with Crippen molar-refractivity contribution in [2.24, 2.45) is 0 Å². The smallest absolute Gasteiger partial charge is 0.187 e. The molecule has 0 unspecified atom stereocenters. The number of nitrogens with one attached hydrogen (secondary N) is 1. The van der Waals surface area contributed by atoms with Crippen molar-refractivity contribution in [2.45, 2.75) is 0 Å². The van der Waals surface area contributed by atoms with Gasteiger partial charge in [0.25, 0.3) is 0 Å². The maximum Gasteiger partial charge on any atom is 0.187 e. The van der Waals surface area contributed by atoms with Crippen molar-refractivity contribution < 1.29 is 0 Å². The van der Waals surface area contributed by atoms with Crippen molar-refractivity contribution in [2.75, 3.05) is 0 Å². The SMILES string of the molecule is N#Cc1nncc2cc[nH]c12. The number of H-pyrrole nitrogens is 1. The van der Waals surface area contributed by atoms with Crippen LogP contribution in [0.5, 0.6) is 0 Å². The van der Waals surface area contributed by atoms with Gasteiger partial charge < -0.3 is 4.98 Å². The second kappa shape index (κ2) is 2.06. The first-order valence-corrected chi connectivity index (χ1v) is 3.10. The van der Waals surface area contributed by atoms with Crippen molar-refractivity contribution in [1.82, 2.24) is 15.2 Å². The van der Waals surface area contributed by atoms with Gasteiger partial charge in [-0.25, -0.2) is 0 Å². The van der Waals surface area contributed by atoms with Crippen LogP contribution in [0, 0.1) is 11.3 Å². The Morgan fingerprint density at radius 1 is 1.55 bits per heavy atom. The molecule has 0 aromatic carbocycles. The quantitative estimate of drug-likeness (QED) is 0.595. The summed E-state index contributed by atoms with van der Waals surface area (Å²) in [5.41, 5.74) is 1.09. The largest absolute Gasteiger partial charge is 0.359 e. The van der Waals surface area contributed by atoms with E-state index < -0.39 is 0 Å². The maximum atomic E-state index is 8.58. The number of rotatable bonds is 0. The van der Waals surface area contributed by atoms with Crippen LogP contribution in [0.3, 0.4) is 0 Å². The van der Waals surface area contributed by atoms with Crippen molar-refractivity contribution in [3.05, 3.63) is 24.2 Å². The molecule has 2 aromatic rings. The summed E-state index contributed by atoms with van der Waals surface area (Å²) >= 11 is 0. The summed E-state index contributed by atoms with van der Waals surface area (Å²) in [5.74, 6) is 0. The molecule has 0 fully saturated rings. The van der Waals surface area contributed by atoms with E-state index in [0.717, 1.165) is 10.9 Å². The van der Waals surface area contributed by atoms with Crippen LogP contribution < -0.4 is 0 Å². The van der Waals surface area contributed by atoms with Gasteiger partial charge in [0.1, 0.15) is 6.07 Å². The molecule has 0 radical (unpaired) electrons. The van der Waals surface area contributed by atoms with Gasteiger partial charge in [-0.3, -0.25) is 0 Å². The second-order valence-electron chi connectivity index (χ2n) is 2.11. The van der Waals surface area contributed by atoms with Crippen molar-refractivity contribution in [3.63, 3.8) is 0 Å². The van der Waals surface area contributed by atoms with Gasteiger partial charge in [0.15, 0.2) is 5.69 Å². The zero-order valence-corrected chi connectivity index (χ0v) is 5.57. The van der Waals surface area contributed by atoms with Gasteiger partial charge in [0.05, 0.1) is 11.7 Å². The Labute approximate surface area is 62.5 Å². The lowest BCUT2D eigenvalue weighted by Crippen LogP contribution is -1.86. The summed E-state index contributed by atoms with van der Waals surface area (Å²) in [4.78, 5) is 2.91. The Hall–Kier alpha value is -1.89. The monoisotopic (exact) mass is 144 g/mol. The molecule has 1 N–H and O–H groups in total. The lowest BCUT2D eigenvalue weighted by Gasteiger charge is -1.87. The van der Waals surface area contributed by atoms with Crippen LogP contribution in [0.2, 0.25) is 0 Å². The molecule has 0 spiro atoms. The van der Waals surface area contributed by atoms with Gasteiger partial charge in [-0.15, -0.1) is 5.10 Å². The summed E-state index contributed by atoms with van der Waals surface area (Å²) in [6, 6.07) is 3.80. The van der Waals surface area contributed by atoms with Gasteiger partial charge >= 0.3 is 0 Å². The Kier molecular flexibility index (Phi) is 1.10. The van der Waals surface area contributed by atoms with E-state index in [4.69, 9.17) is 5.26 Å². The zero-order valence-electron chi connectivity index (χ0n) is 5.57. The molecule has 11 heavy (non-hydrogen) atoms. The minimum absolute atomic E-state index is 0.340. The molecule has 0 amide bonds. The first-order valence-electron chi connectivity index (χ1n) is 3.10. The fourth-order valence-electron chi connectivity index (χ4n) is 0.971. The van der Waals surface area contributed by atoms with E-state index in [9.17, 15) is 0 Å². The van der Waals surface area contributed by atoms with E-state index in [0.29, 0.717) is 5.69 Å². The Bertz CT molecular complexity index is 423. The van der Waals surface area contributed by atoms with Crippen molar-refractivity contribution in [1.29, 1.82) is 5.26 Å². The van der Waals surface area contributed by atoms with E-state index in [1.165, 1.54) is 0 Å². The highest BCUT2D eigenvalue weighted by Crippen LogP contribution is 2.11. The van der Waals surface area contributed by atoms with E-state index >= 15 is 0 Å². The fraction of sp³-hybridized carbons (Fsp3) is 0. The molecule has 0 aliphatic rings. The number of aromatic nitrogens is 3. The third-order valence-corrected chi connectivity index (χ3v) is 1.48. The molecule has 4 heteroatoms. The minimum Gasteiger partial charge on any atom is -0.359 e. The first kappa shape index (κ1) is 5.86. The zero-order chi connectivity index (χ0) is 7.68. The molecule has 2 heterocycles. The average molecular weight is 144 g/mol. The van der Waals surface area contributed by atoms with E-state index in [-0.39, 0.29) is 0 Å². The van der Waals surface area contributed by atoms with Crippen LogP contribution in [-0.4, -0.2) is 15.2 Å². The summed E-state index contributed by atoms with van der Waals surface area (Å²) < 4.78 is 0. The Morgan fingerprint density at radius 2 is 2.45 bits per heavy atom. The minimum atomic E-state index is 0.340. The summed E-state index contributed by atoms with van der Waals surface area (Å²) in [6.45, 7) is 0. The highest BCUT2D eigenvalue weighted by atomic mass is 15.1. The number of hydrogen-bond donors (Lipinski definition) is 1. The Morgan fingerprint density at radius 3 is 3.27 bits per heavy atom. The molecule has 0 saturated heterocycles. The molecule has 4 nitrogen and oxygen atoms in total. The topological polar surface area (TPSA) is 65.4 Å². The highest BCUT2D eigenvalue weighted by molar-refractivity contribution is 5.81. The number of hydrogen-bond acceptors (Lipinski definition) is 3. The predicted molar refractivity (Wildman–Crippen MR) is 38.6 cm³/mol. The van der Waals surface area contributed by atoms with Crippen LogP contribution in [0.15, 0.2) is 18.5 Å². The molecule has 0 bridgehead atoms. The first-order chi connectivity index (χ1) is 5.42. The molecule has 0 atom stereocenters. The van der Waals surface area contributed by atoms with Crippen LogP contribution in [0.25, 0.3) is 10.9 Å². The van der Waals surface area contributed by atoms with Gasteiger partial charge in [-0.05, 0) is 6.07 Å². The summed E-state index contributed by atoms with van der Waals surface area (Å²) in [6.07, 6.45) is 3.38. The van der Waals surface area contributed by atoms with Crippen LogP contribution in [-0.2, 0) is 0 Å². The van der Waals surface area contributed by atoms with E-state index in [1.807, 2.05) is 12.1 Å². The lowest BCUT2D eigenvalue weighted by molar-refractivity contribution is 1.03. The van der Waals surface area contributed by atoms with Gasteiger partial charge in [-0.1, -0.05) is 0 Å². The molecule has 0 aliphatic heterocycles. The van der Waals surface area contributed by atoms with Crippen LogP contribution in [0.4, 0.5) is 0 Å². The molecular weight excluding hydrogens is 140 g/mol. The second-order valence-corrected chi connectivity index (χ2v) is 2.11. The standard InChI is InChI=1S/C7H4N4/c8-3-6-7-5(1-2-9-7)4-10-11-6/h1-2,4,9H. The molecule has 2 aromatic heterocycles. The third-order valence-electron chi connectivity index (χ3n) is 1.48. The highest BCUT2D eigenvalue weighted by Gasteiger charge is 2.00. The third kappa shape index (κ3) is 0.749. The normalized spacial score (nSPS) is 9.73. The number of fused-ring (bicyclic) bond motifs is 1. The Balaban J connectivity index is 2.92. The average Bonchev–Trinajstić information content (AvgIpc) is 2.50. The van der Waals surface area contributed by atoms with Crippen LogP contribution in [0.1, 0.15) is 5.69 Å². The van der Waals surface area contributed by atoms with Crippen molar-refractivity contribution >= 4 is 10.9 Å². The number of nitrogens with zero attached hydrogens (tertiary/aromatic N) is 3. The molecule has 0 saturated carbocycles. The van der Waals surface area contributed by atoms with Gasteiger partial charge in [0, 0.05) is 11.6 Å². The fourth-order valence-corrected chi connectivity index (χ4v) is 0.971. The lowest BCUT2D eigenvalue weighted by atomic mass is 10.3. The molecular formula is C7H4N4. The van der Waals surface area contributed by atoms with Gasteiger partial charge in [-0.2, -0.15) is 10.4 Å². The number of nitriles is 1. The van der Waals surface area contributed by atoms with Gasteiger partial charge in [0.2, 0.25) is 0 Å². The molecule has 2 rings (SSSR count). The summed E-state index contributed by atoms with van der Waals surface area (Å²) in [7, 11) is 0. The maximum absolute atomic E-state index is 8.58.